The van der Waals surface area contributed by atoms with Gasteiger partial charge in [0.15, 0.2) is 5.75 Å². The Hall–Kier alpha value is -2.39. The van der Waals surface area contributed by atoms with Crippen LogP contribution in [0, 0.1) is 0 Å². The summed E-state index contributed by atoms with van der Waals surface area (Å²) in [6.07, 6.45) is 0. The number of para-hydroxylation sites is 1. The summed E-state index contributed by atoms with van der Waals surface area (Å²) in [4.78, 5) is 12.7. The van der Waals surface area contributed by atoms with Crippen molar-refractivity contribution in [3.8, 4) is 11.5 Å². The highest BCUT2D eigenvalue weighted by Gasteiger charge is 2.23. The number of anilines is 1. The zero-order chi connectivity index (χ0) is 21.7. The molecule has 0 radical (unpaired) electrons. The van der Waals surface area contributed by atoms with Gasteiger partial charge in [-0.2, -0.15) is 4.72 Å². The van der Waals surface area contributed by atoms with E-state index in [4.69, 9.17) is 16.3 Å². The highest BCUT2D eigenvalue weighted by Crippen LogP contribution is 2.32. The number of carbonyl (C=O) groups excluding carboxylic acids is 1. The zero-order valence-electron chi connectivity index (χ0n) is 15.8. The van der Waals surface area contributed by atoms with E-state index in [9.17, 15) is 13.2 Å². The number of amides is 1. The van der Waals surface area contributed by atoms with Gasteiger partial charge in [-0.25, -0.2) is 8.42 Å². The lowest BCUT2D eigenvalue weighted by atomic mass is 10.2. The van der Waals surface area contributed by atoms with Gasteiger partial charge < -0.3 is 10.1 Å². The molecule has 0 unspecified atom stereocenters. The second-order valence-corrected chi connectivity index (χ2v) is 9.41. The normalized spacial score (nSPS) is 12.2. The number of halogens is 2. The molecule has 0 spiro atoms. The van der Waals surface area contributed by atoms with Gasteiger partial charge in [0, 0.05) is 9.50 Å². The second kappa shape index (κ2) is 9.61. The monoisotopic (exact) mass is 508 g/mol. The molecule has 0 bridgehead atoms. The van der Waals surface area contributed by atoms with Crippen molar-refractivity contribution in [2.24, 2.45) is 0 Å². The molecule has 30 heavy (non-hydrogen) atoms. The van der Waals surface area contributed by atoms with Gasteiger partial charge in [-0.1, -0.05) is 45.7 Å². The van der Waals surface area contributed by atoms with Gasteiger partial charge in [-0.05, 0) is 61.5 Å². The van der Waals surface area contributed by atoms with Gasteiger partial charge in [0.2, 0.25) is 15.9 Å². The van der Waals surface area contributed by atoms with E-state index in [1.165, 1.54) is 25.1 Å². The Morgan fingerprint density at radius 2 is 1.70 bits per heavy atom. The summed E-state index contributed by atoms with van der Waals surface area (Å²) < 4.78 is 34.0. The van der Waals surface area contributed by atoms with Crippen LogP contribution in [0.15, 0.2) is 82.2 Å². The molecular weight excluding hydrogens is 492 g/mol. The van der Waals surface area contributed by atoms with Gasteiger partial charge in [-0.15, -0.1) is 0 Å². The van der Waals surface area contributed by atoms with Crippen molar-refractivity contribution in [2.45, 2.75) is 17.9 Å². The molecule has 0 aliphatic carbocycles. The van der Waals surface area contributed by atoms with Crippen LogP contribution in [0.5, 0.6) is 11.5 Å². The fourth-order valence-corrected chi connectivity index (χ4v) is 4.15. The Balaban J connectivity index is 1.75. The number of sulfonamides is 1. The minimum absolute atomic E-state index is 0.0567. The van der Waals surface area contributed by atoms with E-state index < -0.39 is 22.0 Å². The van der Waals surface area contributed by atoms with Crippen molar-refractivity contribution < 1.29 is 17.9 Å². The highest BCUT2D eigenvalue weighted by molar-refractivity contribution is 9.10. The third-order valence-corrected chi connectivity index (χ3v) is 6.34. The molecule has 6 nitrogen and oxygen atoms in total. The smallest absolute Gasteiger partial charge is 0.242 e. The highest BCUT2D eigenvalue weighted by atomic mass is 79.9. The van der Waals surface area contributed by atoms with Gasteiger partial charge in [0.1, 0.15) is 5.75 Å². The largest absolute Gasteiger partial charge is 0.455 e. The maximum atomic E-state index is 12.6. The Morgan fingerprint density at radius 3 is 2.37 bits per heavy atom. The molecule has 156 valence electrons. The number of carbonyl (C=O) groups is 1. The van der Waals surface area contributed by atoms with E-state index >= 15 is 0 Å². The van der Waals surface area contributed by atoms with Gasteiger partial charge in [-0.3, -0.25) is 4.79 Å². The topological polar surface area (TPSA) is 84.5 Å². The van der Waals surface area contributed by atoms with Crippen LogP contribution < -0.4 is 14.8 Å². The van der Waals surface area contributed by atoms with E-state index in [1.54, 1.807) is 36.4 Å². The predicted molar refractivity (Wildman–Crippen MR) is 121 cm³/mol. The number of nitrogens with one attached hydrogen (secondary N) is 2. The van der Waals surface area contributed by atoms with Crippen molar-refractivity contribution in [3.63, 3.8) is 0 Å². The number of ether oxygens (including phenoxy) is 1. The summed E-state index contributed by atoms with van der Waals surface area (Å²) in [5.41, 5.74) is 0.325. The van der Waals surface area contributed by atoms with Crippen LogP contribution >= 0.6 is 27.5 Å². The van der Waals surface area contributed by atoms with Crippen LogP contribution in [0.4, 0.5) is 5.69 Å². The molecule has 0 fully saturated rings. The van der Waals surface area contributed by atoms with Crippen molar-refractivity contribution in [2.75, 3.05) is 5.32 Å². The Kier molecular flexibility index (Phi) is 7.14. The van der Waals surface area contributed by atoms with Crippen LogP contribution in [0.3, 0.4) is 0 Å². The van der Waals surface area contributed by atoms with E-state index in [0.717, 1.165) is 4.47 Å². The molecule has 2 N–H and O–H groups in total. The third kappa shape index (κ3) is 5.82. The fourth-order valence-electron chi connectivity index (χ4n) is 2.51. The first-order valence-corrected chi connectivity index (χ1v) is 11.5. The van der Waals surface area contributed by atoms with Crippen LogP contribution in [-0.4, -0.2) is 20.4 Å². The number of hydrogen-bond donors (Lipinski definition) is 2. The van der Waals surface area contributed by atoms with Gasteiger partial charge >= 0.3 is 0 Å². The lowest BCUT2D eigenvalue weighted by molar-refractivity contribution is -0.117. The molecule has 3 rings (SSSR count). The summed E-state index contributed by atoms with van der Waals surface area (Å²) in [6, 6.07) is 18.9. The van der Waals surface area contributed by atoms with E-state index in [0.29, 0.717) is 22.2 Å². The van der Waals surface area contributed by atoms with E-state index in [2.05, 4.69) is 26.0 Å². The average molecular weight is 510 g/mol. The SMILES string of the molecule is C[C@@H](NS(=O)(=O)c1ccc(Br)cc1)C(=O)Nc1cc(Cl)ccc1Oc1ccccc1. The van der Waals surface area contributed by atoms with Crippen molar-refractivity contribution in [3.05, 3.63) is 82.3 Å². The molecule has 3 aromatic carbocycles. The summed E-state index contributed by atoms with van der Waals surface area (Å²) >= 11 is 9.32. The molecule has 1 amide bonds. The number of rotatable bonds is 7. The fraction of sp³-hybridized carbons (Fsp3) is 0.0952. The molecule has 0 saturated carbocycles. The standard InChI is InChI=1S/C21H18BrClN2O4S/c1-14(25-30(27,28)18-10-7-15(22)8-11-18)21(26)24-19-13-16(23)9-12-20(19)29-17-5-3-2-4-6-17/h2-14,25H,1H3,(H,24,26)/t14-/m1/s1. The van der Waals surface area contributed by atoms with Crippen LogP contribution in [0.25, 0.3) is 0 Å². The van der Waals surface area contributed by atoms with Crippen LogP contribution in [0.1, 0.15) is 6.92 Å². The molecule has 0 heterocycles. The minimum atomic E-state index is -3.87. The Morgan fingerprint density at radius 1 is 1.03 bits per heavy atom. The molecule has 0 aliphatic heterocycles. The van der Waals surface area contributed by atoms with Crippen molar-refractivity contribution in [1.29, 1.82) is 0 Å². The average Bonchev–Trinajstić information content (AvgIpc) is 2.71. The van der Waals surface area contributed by atoms with Crippen molar-refractivity contribution in [1.82, 2.24) is 4.72 Å². The summed E-state index contributed by atoms with van der Waals surface area (Å²) in [5.74, 6) is 0.400. The van der Waals surface area contributed by atoms with E-state index in [-0.39, 0.29) is 4.90 Å². The molecule has 0 saturated heterocycles. The quantitative estimate of drug-likeness (QED) is 0.458. The summed E-state index contributed by atoms with van der Waals surface area (Å²) in [5, 5.41) is 3.07. The Labute approximate surface area is 188 Å². The summed E-state index contributed by atoms with van der Waals surface area (Å²) in [7, 11) is -3.87. The number of benzene rings is 3. The molecular formula is C21H18BrClN2O4S. The maximum Gasteiger partial charge on any atom is 0.242 e. The first-order chi connectivity index (χ1) is 14.2. The first kappa shape index (κ1) is 22.3. The lowest BCUT2D eigenvalue weighted by Crippen LogP contribution is -2.41. The molecule has 0 aliphatic rings. The Bertz CT molecular complexity index is 1140. The molecule has 9 heteroatoms. The predicted octanol–water partition coefficient (Wildman–Crippen LogP) is 5.20. The molecule has 3 aromatic rings. The van der Waals surface area contributed by atoms with Gasteiger partial charge in [0.05, 0.1) is 16.6 Å². The van der Waals surface area contributed by atoms with Gasteiger partial charge in [0.25, 0.3) is 0 Å². The minimum Gasteiger partial charge on any atom is -0.455 e. The molecule has 1 atom stereocenters. The lowest BCUT2D eigenvalue weighted by Gasteiger charge is -2.17. The van der Waals surface area contributed by atoms with E-state index in [1.807, 2.05) is 18.2 Å². The molecule has 0 aromatic heterocycles. The maximum absolute atomic E-state index is 12.6. The van der Waals surface area contributed by atoms with Crippen LogP contribution in [0.2, 0.25) is 5.02 Å². The zero-order valence-corrected chi connectivity index (χ0v) is 19.0. The number of hydrogen-bond acceptors (Lipinski definition) is 4. The van der Waals surface area contributed by atoms with Crippen LogP contribution in [-0.2, 0) is 14.8 Å². The second-order valence-electron chi connectivity index (χ2n) is 6.34. The first-order valence-electron chi connectivity index (χ1n) is 8.86. The summed E-state index contributed by atoms with van der Waals surface area (Å²) in [6.45, 7) is 1.45. The van der Waals surface area contributed by atoms with Crippen molar-refractivity contribution >= 4 is 49.1 Å². The third-order valence-electron chi connectivity index (χ3n) is 4.02.